The van der Waals surface area contributed by atoms with Crippen LogP contribution in [0.15, 0.2) is 61.3 Å². The van der Waals surface area contributed by atoms with Gasteiger partial charge in [-0.15, -0.1) is 0 Å². The van der Waals surface area contributed by atoms with Gasteiger partial charge in [-0.25, -0.2) is 14.4 Å². The third-order valence-corrected chi connectivity index (χ3v) is 3.37. The number of amides is 2. The molecule has 2 heterocycles. The molecule has 0 unspecified atom stereocenters. The molecule has 0 aliphatic heterocycles. The molecule has 25 heavy (non-hydrogen) atoms. The summed E-state index contributed by atoms with van der Waals surface area (Å²) in [6.07, 6.45) is 6.38. The standard InChI is InChI=1S/C17H14FN5O2/c18-14-4-1-12(2-5-14)9-16(24)21-22-17(25)13-3-6-15(20-10-13)23-8-7-19-11-23/h1-8,10-11H,9H2,(H,21,24)(H,22,25). The molecule has 0 bridgehead atoms. The fourth-order valence-corrected chi connectivity index (χ4v) is 2.10. The topological polar surface area (TPSA) is 88.9 Å². The quantitative estimate of drug-likeness (QED) is 0.704. The smallest absolute Gasteiger partial charge is 0.271 e. The molecule has 0 fully saturated rings. The molecule has 1 aromatic carbocycles. The normalized spacial score (nSPS) is 10.3. The van der Waals surface area contributed by atoms with Gasteiger partial charge in [0, 0.05) is 18.6 Å². The second-order valence-electron chi connectivity index (χ2n) is 5.18. The molecule has 0 aliphatic carbocycles. The summed E-state index contributed by atoms with van der Waals surface area (Å²) in [6.45, 7) is 0. The number of hydrogen-bond donors (Lipinski definition) is 2. The second kappa shape index (κ2) is 7.35. The summed E-state index contributed by atoms with van der Waals surface area (Å²) in [5.41, 5.74) is 5.56. The molecule has 0 saturated heterocycles. The van der Waals surface area contributed by atoms with E-state index in [1.807, 2.05) is 0 Å². The summed E-state index contributed by atoms with van der Waals surface area (Å²) in [6, 6.07) is 8.81. The summed E-state index contributed by atoms with van der Waals surface area (Å²) < 4.78 is 14.5. The summed E-state index contributed by atoms with van der Waals surface area (Å²) in [5.74, 6) is -0.654. The van der Waals surface area contributed by atoms with Gasteiger partial charge >= 0.3 is 0 Å². The van der Waals surface area contributed by atoms with E-state index in [4.69, 9.17) is 0 Å². The SMILES string of the molecule is O=C(Cc1ccc(F)cc1)NNC(=O)c1ccc(-n2ccnc2)nc1. The Morgan fingerprint density at radius 3 is 2.52 bits per heavy atom. The van der Waals surface area contributed by atoms with E-state index in [-0.39, 0.29) is 12.2 Å². The predicted molar refractivity (Wildman–Crippen MR) is 87.1 cm³/mol. The highest BCUT2D eigenvalue weighted by Gasteiger charge is 2.09. The minimum atomic E-state index is -0.489. The predicted octanol–water partition coefficient (Wildman–Crippen LogP) is 1.41. The van der Waals surface area contributed by atoms with Crippen molar-refractivity contribution in [3.8, 4) is 5.82 Å². The Morgan fingerprint density at radius 1 is 1.08 bits per heavy atom. The fraction of sp³-hybridized carbons (Fsp3) is 0.0588. The summed E-state index contributed by atoms with van der Waals surface area (Å²) >= 11 is 0. The molecule has 7 nitrogen and oxygen atoms in total. The van der Waals surface area contributed by atoms with Crippen LogP contribution in [0.2, 0.25) is 0 Å². The highest BCUT2D eigenvalue weighted by atomic mass is 19.1. The highest BCUT2D eigenvalue weighted by molar-refractivity contribution is 5.95. The molecule has 3 aromatic rings. The maximum Gasteiger partial charge on any atom is 0.271 e. The number of hydrazine groups is 1. The average molecular weight is 339 g/mol. The van der Waals surface area contributed by atoms with Crippen LogP contribution in [0, 0.1) is 5.82 Å². The van der Waals surface area contributed by atoms with Gasteiger partial charge in [0.15, 0.2) is 0 Å². The number of imidazole rings is 1. The van der Waals surface area contributed by atoms with Crippen molar-refractivity contribution in [2.45, 2.75) is 6.42 Å². The molecule has 0 spiro atoms. The zero-order chi connectivity index (χ0) is 17.6. The minimum Gasteiger partial charge on any atom is -0.291 e. The Balaban J connectivity index is 1.53. The summed E-state index contributed by atoms with van der Waals surface area (Å²) in [5, 5.41) is 0. The molecule has 2 aromatic heterocycles. The number of carbonyl (C=O) groups is 2. The number of halogens is 1. The molecule has 0 saturated carbocycles. The van der Waals surface area contributed by atoms with E-state index in [0.717, 1.165) is 0 Å². The molecule has 126 valence electrons. The van der Waals surface area contributed by atoms with Gasteiger partial charge in [-0.1, -0.05) is 12.1 Å². The number of rotatable bonds is 4. The first-order chi connectivity index (χ1) is 12.1. The lowest BCUT2D eigenvalue weighted by molar-refractivity contribution is -0.121. The van der Waals surface area contributed by atoms with E-state index in [1.54, 1.807) is 35.4 Å². The molecule has 0 atom stereocenters. The van der Waals surface area contributed by atoms with Crippen LogP contribution in [-0.2, 0) is 11.2 Å². The summed E-state index contributed by atoms with van der Waals surface area (Å²) in [4.78, 5) is 31.9. The van der Waals surface area contributed by atoms with E-state index >= 15 is 0 Å². The van der Waals surface area contributed by atoms with Crippen LogP contribution in [0.5, 0.6) is 0 Å². The van der Waals surface area contributed by atoms with Gasteiger partial charge in [0.05, 0.1) is 12.0 Å². The molecule has 2 amide bonds. The fourth-order valence-electron chi connectivity index (χ4n) is 2.10. The first kappa shape index (κ1) is 16.3. The largest absolute Gasteiger partial charge is 0.291 e. The maximum atomic E-state index is 12.8. The summed E-state index contributed by atoms with van der Waals surface area (Å²) in [7, 11) is 0. The van der Waals surface area contributed by atoms with E-state index < -0.39 is 11.8 Å². The number of pyridine rings is 1. The molecule has 0 aliphatic rings. The van der Waals surface area contributed by atoms with Crippen molar-refractivity contribution in [3.05, 3.63) is 78.3 Å². The van der Waals surface area contributed by atoms with Crippen molar-refractivity contribution in [2.75, 3.05) is 0 Å². The number of carbonyl (C=O) groups excluding carboxylic acids is 2. The number of hydrogen-bond acceptors (Lipinski definition) is 4. The Hall–Kier alpha value is -3.55. The van der Waals surface area contributed by atoms with Crippen molar-refractivity contribution in [1.29, 1.82) is 0 Å². The number of nitrogens with one attached hydrogen (secondary N) is 2. The number of nitrogens with zero attached hydrogens (tertiary/aromatic N) is 3. The number of aromatic nitrogens is 3. The van der Waals surface area contributed by atoms with Crippen LogP contribution >= 0.6 is 0 Å². The van der Waals surface area contributed by atoms with Crippen LogP contribution in [0.1, 0.15) is 15.9 Å². The average Bonchev–Trinajstić information content (AvgIpc) is 3.16. The van der Waals surface area contributed by atoms with Crippen molar-refractivity contribution in [1.82, 2.24) is 25.4 Å². The van der Waals surface area contributed by atoms with Gasteiger partial charge in [0.2, 0.25) is 5.91 Å². The Kier molecular flexibility index (Phi) is 4.79. The van der Waals surface area contributed by atoms with E-state index in [1.165, 1.54) is 30.5 Å². The van der Waals surface area contributed by atoms with Crippen molar-refractivity contribution in [2.24, 2.45) is 0 Å². The van der Waals surface area contributed by atoms with E-state index in [0.29, 0.717) is 16.9 Å². The van der Waals surface area contributed by atoms with Crippen LogP contribution in [0.3, 0.4) is 0 Å². The van der Waals surface area contributed by atoms with Crippen LogP contribution < -0.4 is 10.9 Å². The Bertz CT molecular complexity index is 861. The van der Waals surface area contributed by atoms with Gasteiger partial charge in [-0.3, -0.25) is 25.0 Å². The lowest BCUT2D eigenvalue weighted by Crippen LogP contribution is -2.42. The van der Waals surface area contributed by atoms with Gasteiger partial charge < -0.3 is 0 Å². The minimum absolute atomic E-state index is 0.0262. The van der Waals surface area contributed by atoms with Gasteiger partial charge in [0.25, 0.3) is 5.91 Å². The zero-order valence-corrected chi connectivity index (χ0v) is 13.0. The molecular weight excluding hydrogens is 325 g/mol. The molecule has 3 rings (SSSR count). The second-order valence-corrected chi connectivity index (χ2v) is 5.18. The van der Waals surface area contributed by atoms with Gasteiger partial charge in [-0.2, -0.15) is 0 Å². The lowest BCUT2D eigenvalue weighted by atomic mass is 10.1. The Morgan fingerprint density at radius 2 is 1.88 bits per heavy atom. The highest BCUT2D eigenvalue weighted by Crippen LogP contribution is 2.05. The number of benzene rings is 1. The Labute approximate surface area is 142 Å². The van der Waals surface area contributed by atoms with Crippen molar-refractivity contribution < 1.29 is 14.0 Å². The third kappa shape index (κ3) is 4.25. The van der Waals surface area contributed by atoms with E-state index in [2.05, 4.69) is 20.8 Å². The lowest BCUT2D eigenvalue weighted by Gasteiger charge is -2.08. The van der Waals surface area contributed by atoms with Crippen molar-refractivity contribution in [3.63, 3.8) is 0 Å². The van der Waals surface area contributed by atoms with Gasteiger partial charge in [0.1, 0.15) is 18.0 Å². The molecule has 8 heteroatoms. The first-order valence-corrected chi connectivity index (χ1v) is 7.40. The monoisotopic (exact) mass is 339 g/mol. The molecule has 0 radical (unpaired) electrons. The van der Waals surface area contributed by atoms with Crippen molar-refractivity contribution >= 4 is 11.8 Å². The van der Waals surface area contributed by atoms with Gasteiger partial charge in [-0.05, 0) is 29.8 Å². The molecular formula is C17H14FN5O2. The third-order valence-electron chi connectivity index (χ3n) is 3.37. The van der Waals surface area contributed by atoms with Crippen LogP contribution in [0.25, 0.3) is 5.82 Å². The van der Waals surface area contributed by atoms with Crippen LogP contribution in [-0.4, -0.2) is 26.3 Å². The first-order valence-electron chi connectivity index (χ1n) is 7.40. The van der Waals surface area contributed by atoms with E-state index in [9.17, 15) is 14.0 Å². The molecule has 2 N–H and O–H groups in total. The van der Waals surface area contributed by atoms with Crippen LogP contribution in [0.4, 0.5) is 4.39 Å². The maximum absolute atomic E-state index is 12.8. The zero-order valence-electron chi connectivity index (χ0n) is 13.0.